The predicted octanol–water partition coefficient (Wildman–Crippen LogP) is 1.86. The smallest absolute Gasteiger partial charge is 0.343 e. The molecular weight excluding hydrogens is 232 g/mol. The topological polar surface area (TPSA) is 53.5 Å². The van der Waals surface area contributed by atoms with Crippen molar-refractivity contribution in [2.24, 2.45) is 0 Å². The van der Waals surface area contributed by atoms with Gasteiger partial charge in [-0.1, -0.05) is 22.0 Å². The van der Waals surface area contributed by atoms with Gasteiger partial charge in [0.05, 0.1) is 6.42 Å². The Balaban J connectivity index is 2.63. The summed E-state index contributed by atoms with van der Waals surface area (Å²) >= 11 is 3.28. The van der Waals surface area contributed by atoms with Crippen LogP contribution >= 0.6 is 15.9 Å². The largest absolute Gasteiger partial charge is 0.361 e. The van der Waals surface area contributed by atoms with Crippen LogP contribution in [0.1, 0.15) is 15.9 Å². The number of fused-ring (bicyclic) bond motifs is 1. The van der Waals surface area contributed by atoms with E-state index in [9.17, 15) is 4.79 Å². The van der Waals surface area contributed by atoms with Crippen LogP contribution in [-0.2, 0) is 6.42 Å². The Bertz CT molecular complexity index is 447. The van der Waals surface area contributed by atoms with Gasteiger partial charge in [0, 0.05) is 10.0 Å². The number of nitrogens with zero attached hydrogens (tertiary/aromatic N) is 2. The summed E-state index contributed by atoms with van der Waals surface area (Å²) in [5.74, 6) is -0.182. The van der Waals surface area contributed by atoms with Gasteiger partial charge in [0.15, 0.2) is 0 Å². The second kappa shape index (κ2) is 2.91. The van der Waals surface area contributed by atoms with Crippen molar-refractivity contribution in [1.29, 1.82) is 0 Å². The predicted molar refractivity (Wildman–Crippen MR) is 50.8 cm³/mol. The van der Waals surface area contributed by atoms with Crippen LogP contribution in [0, 0.1) is 0 Å². The Hall–Kier alpha value is -1.25. The Morgan fingerprint density at radius 3 is 2.92 bits per heavy atom. The van der Waals surface area contributed by atoms with E-state index >= 15 is 0 Å². The second-order valence-corrected chi connectivity index (χ2v) is 3.77. The summed E-state index contributed by atoms with van der Waals surface area (Å²) < 4.78 is 0.860. The van der Waals surface area contributed by atoms with Crippen molar-refractivity contribution in [1.82, 2.24) is 0 Å². The van der Waals surface area contributed by atoms with Crippen LogP contribution in [0.3, 0.4) is 0 Å². The fourth-order valence-corrected chi connectivity index (χ4v) is 1.77. The molecule has 0 saturated carbocycles. The van der Waals surface area contributed by atoms with Gasteiger partial charge in [-0.2, -0.15) is 4.79 Å². The first-order valence-electron chi connectivity index (χ1n) is 3.76. The first-order valence-corrected chi connectivity index (χ1v) is 4.55. The van der Waals surface area contributed by atoms with Crippen molar-refractivity contribution < 1.29 is 9.58 Å². The molecule has 1 aromatic rings. The van der Waals surface area contributed by atoms with Crippen LogP contribution in [0.5, 0.6) is 0 Å². The van der Waals surface area contributed by atoms with Gasteiger partial charge in [-0.15, -0.1) is 0 Å². The van der Waals surface area contributed by atoms with Gasteiger partial charge in [-0.05, 0) is 17.7 Å². The van der Waals surface area contributed by atoms with E-state index < -0.39 is 0 Å². The zero-order chi connectivity index (χ0) is 9.42. The molecule has 64 valence electrons. The molecule has 0 aliphatic heterocycles. The Morgan fingerprint density at radius 1 is 1.46 bits per heavy atom. The third-order valence-corrected chi connectivity index (χ3v) is 2.55. The number of hydrogen-bond donors (Lipinski definition) is 0. The van der Waals surface area contributed by atoms with Crippen LogP contribution < -0.4 is 0 Å². The minimum atomic E-state index is -0.182. The molecule has 0 unspecified atom stereocenters. The lowest BCUT2D eigenvalue weighted by Crippen LogP contribution is -2.08. The molecule has 2 rings (SSSR count). The van der Waals surface area contributed by atoms with Gasteiger partial charge in [-0.25, -0.2) is 0 Å². The second-order valence-electron chi connectivity index (χ2n) is 2.85. The van der Waals surface area contributed by atoms with Gasteiger partial charge in [0.25, 0.3) is 5.78 Å². The SMILES string of the molecule is [N-]=[N+]=C1Cc2ccc(Br)cc2C1=O. The highest BCUT2D eigenvalue weighted by molar-refractivity contribution is 9.10. The van der Waals surface area contributed by atoms with Crippen molar-refractivity contribution >= 4 is 27.4 Å². The van der Waals surface area contributed by atoms with E-state index in [-0.39, 0.29) is 11.5 Å². The molecule has 3 nitrogen and oxygen atoms in total. The van der Waals surface area contributed by atoms with E-state index in [1.54, 1.807) is 6.07 Å². The number of rotatable bonds is 0. The van der Waals surface area contributed by atoms with Crippen LogP contribution in [-0.4, -0.2) is 16.3 Å². The Labute approximate surface area is 83.1 Å². The molecule has 0 N–H and O–H groups in total. The van der Waals surface area contributed by atoms with Crippen LogP contribution in [0.4, 0.5) is 0 Å². The van der Waals surface area contributed by atoms with E-state index in [1.807, 2.05) is 12.1 Å². The molecule has 13 heavy (non-hydrogen) atoms. The summed E-state index contributed by atoms with van der Waals surface area (Å²) in [6.45, 7) is 0. The van der Waals surface area contributed by atoms with E-state index in [2.05, 4.69) is 20.7 Å². The monoisotopic (exact) mass is 236 g/mol. The number of carbonyl (C=O) groups is 1. The number of benzene rings is 1. The highest BCUT2D eigenvalue weighted by Crippen LogP contribution is 2.23. The van der Waals surface area contributed by atoms with Crippen molar-refractivity contribution in [3.8, 4) is 0 Å². The molecule has 0 amide bonds. The summed E-state index contributed by atoms with van der Waals surface area (Å²) in [7, 11) is 0. The van der Waals surface area contributed by atoms with E-state index in [1.165, 1.54) is 0 Å². The van der Waals surface area contributed by atoms with Gasteiger partial charge >= 0.3 is 5.71 Å². The average Bonchev–Trinajstić information content (AvgIpc) is 2.44. The first kappa shape index (κ1) is 8.35. The highest BCUT2D eigenvalue weighted by atomic mass is 79.9. The molecule has 0 bridgehead atoms. The van der Waals surface area contributed by atoms with Crippen molar-refractivity contribution in [3.63, 3.8) is 0 Å². The van der Waals surface area contributed by atoms with E-state index in [0.717, 1.165) is 10.0 Å². The minimum absolute atomic E-state index is 0.182. The van der Waals surface area contributed by atoms with E-state index in [0.29, 0.717) is 12.0 Å². The molecule has 4 heteroatoms. The Morgan fingerprint density at radius 2 is 2.23 bits per heavy atom. The summed E-state index contributed by atoms with van der Waals surface area (Å²) in [4.78, 5) is 14.4. The maximum absolute atomic E-state index is 11.5. The molecule has 0 heterocycles. The normalized spacial score (nSPS) is 14.2. The fourth-order valence-electron chi connectivity index (χ4n) is 1.41. The van der Waals surface area contributed by atoms with Gasteiger partial charge in [0.1, 0.15) is 0 Å². The quantitative estimate of drug-likeness (QED) is 0.501. The zero-order valence-electron chi connectivity index (χ0n) is 6.62. The lowest BCUT2D eigenvalue weighted by Gasteiger charge is -1.94. The molecule has 1 aromatic carbocycles. The summed E-state index contributed by atoms with van der Waals surface area (Å²) in [6, 6.07) is 5.47. The molecule has 0 saturated heterocycles. The van der Waals surface area contributed by atoms with Crippen molar-refractivity contribution in [3.05, 3.63) is 39.3 Å². The van der Waals surface area contributed by atoms with Crippen LogP contribution in [0.15, 0.2) is 22.7 Å². The van der Waals surface area contributed by atoms with Crippen molar-refractivity contribution in [2.75, 3.05) is 0 Å². The lowest BCUT2D eigenvalue weighted by molar-refractivity contribution is -0.00761. The number of hydrogen-bond acceptors (Lipinski definition) is 1. The molecule has 0 aromatic heterocycles. The number of ketones is 1. The van der Waals surface area contributed by atoms with Gasteiger partial charge in [-0.3, -0.25) is 4.79 Å². The molecule has 0 fully saturated rings. The average molecular weight is 237 g/mol. The van der Waals surface area contributed by atoms with Gasteiger partial charge in [0.2, 0.25) is 0 Å². The molecule has 0 spiro atoms. The molecule has 1 aliphatic carbocycles. The maximum atomic E-state index is 11.5. The van der Waals surface area contributed by atoms with Crippen LogP contribution in [0.2, 0.25) is 0 Å². The molecule has 0 radical (unpaired) electrons. The molecule has 1 aliphatic rings. The highest BCUT2D eigenvalue weighted by Gasteiger charge is 2.32. The number of halogens is 1. The molecule has 0 atom stereocenters. The number of Topliss-reactive ketones (excluding diaryl/α,β-unsaturated/α-hetero) is 1. The molecular formula is C9H5BrN2O. The summed E-state index contributed by atoms with van der Waals surface area (Å²) in [6.07, 6.45) is 0.429. The maximum Gasteiger partial charge on any atom is 0.343 e. The van der Waals surface area contributed by atoms with Crippen LogP contribution in [0.25, 0.3) is 5.53 Å². The lowest BCUT2D eigenvalue weighted by atomic mass is 10.1. The Kier molecular flexibility index (Phi) is 1.87. The standard InChI is InChI=1S/C9H5BrN2O/c10-6-2-1-5-3-8(12-11)9(13)7(5)4-6/h1-2,4H,3H2. The van der Waals surface area contributed by atoms with Gasteiger partial charge < -0.3 is 5.53 Å². The minimum Gasteiger partial charge on any atom is -0.361 e. The van der Waals surface area contributed by atoms with Crippen molar-refractivity contribution in [2.45, 2.75) is 6.42 Å². The zero-order valence-corrected chi connectivity index (χ0v) is 8.21. The third-order valence-electron chi connectivity index (χ3n) is 2.06. The third kappa shape index (κ3) is 1.24. The first-order chi connectivity index (χ1) is 6.22. The number of carbonyl (C=O) groups excluding carboxylic acids is 1. The summed E-state index contributed by atoms with van der Waals surface area (Å²) in [5.41, 5.74) is 10.3. The fraction of sp³-hybridized carbons (Fsp3) is 0.111. The summed E-state index contributed by atoms with van der Waals surface area (Å²) in [5, 5.41) is 0. The van der Waals surface area contributed by atoms with E-state index in [4.69, 9.17) is 5.53 Å².